The summed E-state index contributed by atoms with van der Waals surface area (Å²) in [6.45, 7) is 1.76. The fourth-order valence-corrected chi connectivity index (χ4v) is 1.68. The Morgan fingerprint density at radius 3 is 2.50 bits per heavy atom. The summed E-state index contributed by atoms with van der Waals surface area (Å²) in [5.41, 5.74) is 2.63. The van der Waals surface area contributed by atoms with E-state index in [1.165, 1.54) is 0 Å². The first kappa shape index (κ1) is 12.0. The average Bonchev–Trinajstić information content (AvgIpc) is 2.38. The van der Waals surface area contributed by atoms with Crippen LogP contribution in [0.1, 0.15) is 21.5 Å². The number of hydrogen-bond acceptors (Lipinski definition) is 2. The summed E-state index contributed by atoms with van der Waals surface area (Å²) in [5.74, 6) is -0.927. The van der Waals surface area contributed by atoms with Gasteiger partial charge in [0.05, 0.1) is 11.3 Å². The van der Waals surface area contributed by atoms with E-state index in [9.17, 15) is 4.79 Å². The van der Waals surface area contributed by atoms with Crippen LogP contribution in [0.15, 0.2) is 53.5 Å². The molecule has 0 fully saturated rings. The third-order valence-electron chi connectivity index (χ3n) is 2.69. The van der Waals surface area contributed by atoms with Gasteiger partial charge in [0, 0.05) is 6.21 Å². The first-order chi connectivity index (χ1) is 8.68. The molecule has 2 aromatic carbocycles. The van der Waals surface area contributed by atoms with E-state index in [1.54, 1.807) is 31.3 Å². The van der Waals surface area contributed by atoms with Gasteiger partial charge in [-0.1, -0.05) is 36.4 Å². The molecule has 90 valence electrons. The molecule has 1 N–H and O–H groups in total. The summed E-state index contributed by atoms with van der Waals surface area (Å²) in [6, 6.07) is 14.8. The number of benzene rings is 2. The molecule has 0 aliphatic rings. The Morgan fingerprint density at radius 1 is 1.11 bits per heavy atom. The molecule has 2 aromatic rings. The zero-order chi connectivity index (χ0) is 13.0. The number of rotatable bonds is 3. The quantitative estimate of drug-likeness (QED) is 0.834. The number of carboxylic acid groups (broad SMARTS) is 1. The minimum absolute atomic E-state index is 0.290. The van der Waals surface area contributed by atoms with Crippen molar-refractivity contribution in [1.82, 2.24) is 0 Å². The molecule has 0 aromatic heterocycles. The summed E-state index contributed by atoms with van der Waals surface area (Å²) in [5, 5.41) is 9.02. The first-order valence-electron chi connectivity index (χ1n) is 5.60. The molecule has 18 heavy (non-hydrogen) atoms. The molecule has 3 heteroatoms. The lowest BCUT2D eigenvalue weighted by Gasteiger charge is -2.03. The molecule has 0 bridgehead atoms. The molecular weight excluding hydrogens is 226 g/mol. The van der Waals surface area contributed by atoms with Gasteiger partial charge in [0.25, 0.3) is 0 Å². The lowest BCUT2D eigenvalue weighted by Crippen LogP contribution is -1.99. The van der Waals surface area contributed by atoms with E-state index in [1.807, 2.05) is 30.3 Å². The molecule has 0 radical (unpaired) electrons. The summed E-state index contributed by atoms with van der Waals surface area (Å²) in [7, 11) is 0. The van der Waals surface area contributed by atoms with Crippen molar-refractivity contribution < 1.29 is 9.90 Å². The van der Waals surface area contributed by atoms with E-state index < -0.39 is 5.97 Å². The van der Waals surface area contributed by atoms with Gasteiger partial charge in [-0.05, 0) is 30.2 Å². The van der Waals surface area contributed by atoms with Crippen molar-refractivity contribution in [2.24, 2.45) is 4.99 Å². The number of nitrogens with zero attached hydrogens (tertiary/aromatic N) is 1. The molecule has 0 unspecified atom stereocenters. The van der Waals surface area contributed by atoms with E-state index >= 15 is 0 Å². The molecule has 3 nitrogen and oxygen atoms in total. The monoisotopic (exact) mass is 239 g/mol. The minimum Gasteiger partial charge on any atom is -0.478 e. The van der Waals surface area contributed by atoms with Crippen LogP contribution in [0.25, 0.3) is 0 Å². The molecule has 0 aliphatic heterocycles. The molecule has 0 atom stereocenters. The summed E-state index contributed by atoms with van der Waals surface area (Å²) in [6.07, 6.45) is 1.73. The fraction of sp³-hybridized carbons (Fsp3) is 0.0667. The highest BCUT2D eigenvalue weighted by atomic mass is 16.4. The summed E-state index contributed by atoms with van der Waals surface area (Å²) in [4.78, 5) is 15.3. The summed E-state index contributed by atoms with van der Waals surface area (Å²) >= 11 is 0. The van der Waals surface area contributed by atoms with Gasteiger partial charge in [-0.15, -0.1) is 0 Å². The van der Waals surface area contributed by atoms with Crippen molar-refractivity contribution in [3.8, 4) is 0 Å². The fourth-order valence-electron chi connectivity index (χ4n) is 1.68. The topological polar surface area (TPSA) is 49.7 Å². The predicted octanol–water partition coefficient (Wildman–Crippen LogP) is 3.44. The zero-order valence-electron chi connectivity index (χ0n) is 10.00. The summed E-state index contributed by atoms with van der Waals surface area (Å²) < 4.78 is 0. The van der Waals surface area contributed by atoms with Gasteiger partial charge in [0.1, 0.15) is 0 Å². The van der Waals surface area contributed by atoms with Crippen LogP contribution in [0, 0.1) is 6.92 Å². The lowest BCUT2D eigenvalue weighted by molar-refractivity contribution is 0.0696. The average molecular weight is 239 g/mol. The third kappa shape index (κ3) is 2.63. The van der Waals surface area contributed by atoms with E-state index in [0.29, 0.717) is 11.3 Å². The molecule has 0 spiro atoms. The second-order valence-electron chi connectivity index (χ2n) is 3.92. The Hall–Kier alpha value is -2.42. The second kappa shape index (κ2) is 5.27. The predicted molar refractivity (Wildman–Crippen MR) is 71.8 cm³/mol. The Kier molecular flexibility index (Phi) is 3.53. The Bertz CT molecular complexity index is 589. The van der Waals surface area contributed by atoms with Gasteiger partial charge in [-0.3, -0.25) is 4.99 Å². The van der Waals surface area contributed by atoms with E-state index in [-0.39, 0.29) is 5.56 Å². The number of aliphatic imine (C=N–C) groups is 1. The molecule has 0 heterocycles. The maximum Gasteiger partial charge on any atom is 0.336 e. The SMILES string of the molecule is Cc1c(N=Cc2ccccc2)cccc1C(=O)O. The normalized spacial score (nSPS) is 10.7. The van der Waals surface area contributed by atoms with Crippen molar-refractivity contribution >= 4 is 17.9 Å². The smallest absolute Gasteiger partial charge is 0.336 e. The lowest BCUT2D eigenvalue weighted by atomic mass is 10.1. The molecule has 2 rings (SSSR count). The van der Waals surface area contributed by atoms with Crippen molar-refractivity contribution in [2.45, 2.75) is 6.92 Å². The van der Waals surface area contributed by atoms with Gasteiger partial charge >= 0.3 is 5.97 Å². The van der Waals surface area contributed by atoms with Crippen molar-refractivity contribution in [3.05, 3.63) is 65.2 Å². The van der Waals surface area contributed by atoms with Crippen LogP contribution in [0.2, 0.25) is 0 Å². The Labute approximate surface area is 105 Å². The van der Waals surface area contributed by atoms with Crippen LogP contribution < -0.4 is 0 Å². The Balaban J connectivity index is 2.33. The van der Waals surface area contributed by atoms with Crippen LogP contribution in [0.3, 0.4) is 0 Å². The van der Waals surface area contributed by atoms with Crippen molar-refractivity contribution in [3.63, 3.8) is 0 Å². The van der Waals surface area contributed by atoms with Crippen LogP contribution in [0.4, 0.5) is 5.69 Å². The maximum atomic E-state index is 11.0. The molecular formula is C15H13NO2. The third-order valence-corrected chi connectivity index (χ3v) is 2.69. The van der Waals surface area contributed by atoms with Crippen molar-refractivity contribution in [1.29, 1.82) is 0 Å². The second-order valence-corrected chi connectivity index (χ2v) is 3.92. The standard InChI is InChI=1S/C15H13NO2/c1-11-13(15(17)18)8-5-9-14(11)16-10-12-6-3-2-4-7-12/h2-10H,1H3,(H,17,18). The van der Waals surface area contributed by atoms with Gasteiger partial charge < -0.3 is 5.11 Å². The highest BCUT2D eigenvalue weighted by Crippen LogP contribution is 2.21. The zero-order valence-corrected chi connectivity index (χ0v) is 10.00. The molecule has 0 saturated heterocycles. The van der Waals surface area contributed by atoms with E-state index in [2.05, 4.69) is 4.99 Å². The largest absolute Gasteiger partial charge is 0.478 e. The number of carbonyl (C=O) groups is 1. The Morgan fingerprint density at radius 2 is 1.83 bits per heavy atom. The first-order valence-corrected chi connectivity index (χ1v) is 5.60. The van der Waals surface area contributed by atoms with E-state index in [4.69, 9.17) is 5.11 Å². The maximum absolute atomic E-state index is 11.0. The molecule has 0 amide bonds. The number of aromatic carboxylic acids is 1. The van der Waals surface area contributed by atoms with Crippen LogP contribution >= 0.6 is 0 Å². The van der Waals surface area contributed by atoms with E-state index in [0.717, 1.165) is 5.56 Å². The number of hydrogen-bond donors (Lipinski definition) is 1. The minimum atomic E-state index is -0.927. The van der Waals surface area contributed by atoms with Crippen LogP contribution in [-0.2, 0) is 0 Å². The van der Waals surface area contributed by atoms with Gasteiger partial charge in [0.15, 0.2) is 0 Å². The highest BCUT2D eigenvalue weighted by Gasteiger charge is 2.08. The van der Waals surface area contributed by atoms with Crippen molar-refractivity contribution in [2.75, 3.05) is 0 Å². The highest BCUT2D eigenvalue weighted by molar-refractivity contribution is 5.91. The van der Waals surface area contributed by atoms with Crippen LogP contribution in [0.5, 0.6) is 0 Å². The molecule has 0 saturated carbocycles. The van der Waals surface area contributed by atoms with Gasteiger partial charge in [-0.2, -0.15) is 0 Å². The number of carboxylic acids is 1. The van der Waals surface area contributed by atoms with Gasteiger partial charge in [-0.25, -0.2) is 4.79 Å². The molecule has 0 aliphatic carbocycles. The van der Waals surface area contributed by atoms with Gasteiger partial charge in [0.2, 0.25) is 0 Å². The van der Waals surface area contributed by atoms with Crippen LogP contribution in [-0.4, -0.2) is 17.3 Å².